The van der Waals surface area contributed by atoms with Crippen molar-refractivity contribution < 1.29 is 19.6 Å². The fourth-order valence-electron chi connectivity index (χ4n) is 1.07. The van der Waals surface area contributed by atoms with Crippen molar-refractivity contribution in [2.75, 3.05) is 47.6 Å². The van der Waals surface area contributed by atoms with Gasteiger partial charge in [0.25, 0.3) is 0 Å². The van der Waals surface area contributed by atoms with E-state index in [-0.39, 0.29) is 0 Å². The Hall–Kier alpha value is -0.200. The molecule has 0 atom stereocenters. The Balaban J connectivity index is 3.07. The lowest BCUT2D eigenvalue weighted by molar-refractivity contribution is -0.274. The van der Waals surface area contributed by atoms with Crippen LogP contribution < -0.4 is 0 Å². The van der Waals surface area contributed by atoms with E-state index < -0.39 is 0 Å². The second kappa shape index (κ2) is 10.9. The first kappa shape index (κ1) is 13.8. The maximum Gasteiger partial charge on any atom is 0.0834 e. The van der Waals surface area contributed by atoms with Gasteiger partial charge in [-0.05, 0) is 19.9 Å². The van der Waals surface area contributed by atoms with Gasteiger partial charge < -0.3 is 4.90 Å². The van der Waals surface area contributed by atoms with Gasteiger partial charge in [-0.3, -0.25) is 0 Å². The number of rotatable bonds is 10. The van der Waals surface area contributed by atoms with E-state index in [1.165, 1.54) is 14.2 Å². The largest absolute Gasteiger partial charge is 0.306 e. The zero-order valence-electron chi connectivity index (χ0n) is 9.32. The first-order valence-corrected chi connectivity index (χ1v) is 4.81. The van der Waals surface area contributed by atoms with Crippen molar-refractivity contribution in [2.24, 2.45) is 0 Å². The molecule has 0 spiro atoms. The molecule has 0 aliphatic rings. The van der Waals surface area contributed by atoms with Crippen LogP contribution in [0.3, 0.4) is 0 Å². The van der Waals surface area contributed by atoms with Gasteiger partial charge in [0.1, 0.15) is 0 Å². The van der Waals surface area contributed by atoms with Crippen molar-refractivity contribution in [3.05, 3.63) is 0 Å². The van der Waals surface area contributed by atoms with Crippen LogP contribution in [-0.4, -0.2) is 52.5 Å². The molecule has 0 aromatic heterocycles. The molecule has 5 heteroatoms. The van der Waals surface area contributed by atoms with Crippen LogP contribution in [0.15, 0.2) is 0 Å². The highest BCUT2D eigenvalue weighted by molar-refractivity contribution is 4.50. The third kappa shape index (κ3) is 9.88. The predicted octanol–water partition coefficient (Wildman–Crippen LogP) is 0.854. The molecule has 5 nitrogen and oxygen atoms in total. The summed E-state index contributed by atoms with van der Waals surface area (Å²) in [5.74, 6) is 0. The number of nitrogens with zero attached hydrogens (tertiary/aromatic N) is 1. The van der Waals surface area contributed by atoms with E-state index in [0.717, 1.165) is 25.9 Å². The summed E-state index contributed by atoms with van der Waals surface area (Å²) in [7, 11) is 5.11. The molecule has 14 heavy (non-hydrogen) atoms. The third-order valence-corrected chi connectivity index (χ3v) is 1.77. The van der Waals surface area contributed by atoms with Gasteiger partial charge >= 0.3 is 0 Å². The summed E-state index contributed by atoms with van der Waals surface area (Å²) >= 11 is 0. The van der Waals surface area contributed by atoms with Crippen molar-refractivity contribution in [3.63, 3.8) is 0 Å². The quantitative estimate of drug-likeness (QED) is 0.302. The Labute approximate surface area is 85.7 Å². The van der Waals surface area contributed by atoms with E-state index >= 15 is 0 Å². The maximum atomic E-state index is 4.76. The van der Waals surface area contributed by atoms with E-state index in [2.05, 4.69) is 21.7 Å². The molecule has 0 aliphatic carbocycles. The van der Waals surface area contributed by atoms with E-state index in [1.54, 1.807) is 0 Å². The van der Waals surface area contributed by atoms with Crippen LogP contribution in [0.5, 0.6) is 0 Å². The molecule has 0 aliphatic heterocycles. The molecule has 86 valence electrons. The van der Waals surface area contributed by atoms with Gasteiger partial charge in [0, 0.05) is 13.1 Å². The molecule has 0 aromatic rings. The van der Waals surface area contributed by atoms with Crippen LogP contribution in [0.2, 0.25) is 0 Å². The molecule has 0 heterocycles. The average Bonchev–Trinajstić information content (AvgIpc) is 2.19. The maximum absolute atomic E-state index is 4.76. The van der Waals surface area contributed by atoms with Crippen molar-refractivity contribution >= 4 is 0 Å². The zero-order valence-corrected chi connectivity index (χ0v) is 9.32. The summed E-state index contributed by atoms with van der Waals surface area (Å²) in [4.78, 5) is 20.7. The van der Waals surface area contributed by atoms with Gasteiger partial charge in [-0.25, -0.2) is 19.6 Å². The van der Waals surface area contributed by atoms with E-state index in [4.69, 9.17) is 9.78 Å². The summed E-state index contributed by atoms with van der Waals surface area (Å²) in [6.45, 7) is 3.26. The average molecular weight is 207 g/mol. The molecule has 0 rings (SSSR count). The molecule has 0 fully saturated rings. The minimum atomic E-state index is 0.634. The Bertz CT molecular complexity index is 101. The lowest BCUT2D eigenvalue weighted by atomic mass is 10.3. The SMILES string of the molecule is COOCCCN(C)CCCOOC. The first-order chi connectivity index (χ1) is 6.81. The minimum absolute atomic E-state index is 0.634. The Morgan fingerprint density at radius 3 is 1.64 bits per heavy atom. The van der Waals surface area contributed by atoms with Crippen LogP contribution >= 0.6 is 0 Å². The molecule has 0 unspecified atom stereocenters. The summed E-state index contributed by atoms with van der Waals surface area (Å²) in [6.07, 6.45) is 1.94. The topological polar surface area (TPSA) is 40.2 Å². The van der Waals surface area contributed by atoms with Crippen LogP contribution in [-0.2, 0) is 19.6 Å². The van der Waals surface area contributed by atoms with E-state index in [0.29, 0.717) is 13.2 Å². The fraction of sp³-hybridized carbons (Fsp3) is 1.00. The van der Waals surface area contributed by atoms with Gasteiger partial charge in [0.05, 0.1) is 27.4 Å². The molecule has 0 aromatic carbocycles. The highest BCUT2D eigenvalue weighted by Crippen LogP contribution is 1.92. The molecular formula is C9H21NO4. The van der Waals surface area contributed by atoms with Crippen molar-refractivity contribution in [3.8, 4) is 0 Å². The van der Waals surface area contributed by atoms with Crippen LogP contribution in [0.4, 0.5) is 0 Å². The summed E-state index contributed by atoms with van der Waals surface area (Å²) in [5.41, 5.74) is 0. The number of hydrogen-bond donors (Lipinski definition) is 0. The summed E-state index contributed by atoms with van der Waals surface area (Å²) in [5, 5.41) is 0. The zero-order chi connectivity index (χ0) is 10.6. The molecule has 0 amide bonds. The molecule has 0 saturated carbocycles. The molecule has 0 radical (unpaired) electrons. The van der Waals surface area contributed by atoms with E-state index in [1.807, 2.05) is 0 Å². The Morgan fingerprint density at radius 2 is 1.29 bits per heavy atom. The summed E-state index contributed by atoms with van der Waals surface area (Å²) < 4.78 is 0. The van der Waals surface area contributed by atoms with Crippen molar-refractivity contribution in [1.29, 1.82) is 0 Å². The van der Waals surface area contributed by atoms with Crippen LogP contribution in [0.25, 0.3) is 0 Å². The smallest absolute Gasteiger partial charge is 0.0834 e. The van der Waals surface area contributed by atoms with Gasteiger partial charge in [0.2, 0.25) is 0 Å². The highest BCUT2D eigenvalue weighted by atomic mass is 17.2. The lowest BCUT2D eigenvalue weighted by Crippen LogP contribution is -2.23. The third-order valence-electron chi connectivity index (χ3n) is 1.77. The Kier molecular flexibility index (Phi) is 10.7. The fourth-order valence-corrected chi connectivity index (χ4v) is 1.07. The molecular weight excluding hydrogens is 186 g/mol. The lowest BCUT2D eigenvalue weighted by Gasteiger charge is -2.15. The minimum Gasteiger partial charge on any atom is -0.306 e. The second-order valence-corrected chi connectivity index (χ2v) is 2.99. The molecule has 0 saturated heterocycles. The second-order valence-electron chi connectivity index (χ2n) is 2.99. The molecule has 0 N–H and O–H groups in total. The van der Waals surface area contributed by atoms with Gasteiger partial charge in [-0.2, -0.15) is 0 Å². The normalized spacial score (nSPS) is 11.1. The first-order valence-electron chi connectivity index (χ1n) is 4.81. The highest BCUT2D eigenvalue weighted by Gasteiger charge is 1.98. The van der Waals surface area contributed by atoms with Gasteiger partial charge in [0.15, 0.2) is 0 Å². The van der Waals surface area contributed by atoms with Crippen LogP contribution in [0.1, 0.15) is 12.8 Å². The predicted molar refractivity (Wildman–Crippen MR) is 52.7 cm³/mol. The molecule has 0 bridgehead atoms. The van der Waals surface area contributed by atoms with Crippen LogP contribution in [0, 0.1) is 0 Å². The van der Waals surface area contributed by atoms with Gasteiger partial charge in [-0.1, -0.05) is 0 Å². The van der Waals surface area contributed by atoms with Crippen molar-refractivity contribution in [2.45, 2.75) is 12.8 Å². The van der Waals surface area contributed by atoms with E-state index in [9.17, 15) is 0 Å². The van der Waals surface area contributed by atoms with Gasteiger partial charge in [-0.15, -0.1) is 0 Å². The number of hydrogen-bond acceptors (Lipinski definition) is 5. The standard InChI is InChI=1S/C9H21NO4/c1-10(6-4-8-13-11-2)7-5-9-14-12-3/h4-9H2,1-3H3. The van der Waals surface area contributed by atoms with Crippen molar-refractivity contribution in [1.82, 2.24) is 4.90 Å². The monoisotopic (exact) mass is 207 g/mol. The Morgan fingerprint density at radius 1 is 0.857 bits per heavy atom. The summed E-state index contributed by atoms with van der Waals surface area (Å²) in [6, 6.07) is 0.